The number of fused-ring (bicyclic) bond motifs is 3. The molecule has 1 saturated carbocycles. The Kier molecular flexibility index (Phi) is 7.23. The maximum absolute atomic E-state index is 6.72. The quantitative estimate of drug-likeness (QED) is 0.282. The summed E-state index contributed by atoms with van der Waals surface area (Å²) in [4.78, 5) is 24.1. The SMILES string of the molecule is CC(C)N(C[C@H]1O[C@@H](n2cnc3c(N)ncnc32)[C@@H]2OC(C)(C)O[C@@H]21)C1CC(CCc2nc3cc(C(C)(C)C)ccc3[nH]2)C1. The van der Waals surface area contributed by atoms with E-state index in [4.69, 9.17) is 24.9 Å². The number of aryl methyl sites for hydroxylation is 1. The molecule has 0 bridgehead atoms. The van der Waals surface area contributed by atoms with Crippen LogP contribution in [0.2, 0.25) is 0 Å². The normalized spacial score (nSPS) is 28.4. The number of nitrogens with two attached hydrogens (primary N) is 1. The summed E-state index contributed by atoms with van der Waals surface area (Å²) in [5.74, 6) is 1.43. The van der Waals surface area contributed by atoms with Gasteiger partial charge in [-0.15, -0.1) is 0 Å². The van der Waals surface area contributed by atoms with E-state index < -0.39 is 12.0 Å². The number of hydrogen-bond donors (Lipinski definition) is 2. The monoisotopic (exact) mass is 602 g/mol. The van der Waals surface area contributed by atoms with Gasteiger partial charge in [-0.3, -0.25) is 9.47 Å². The molecule has 4 atom stereocenters. The topological polar surface area (TPSA) is 129 Å². The van der Waals surface area contributed by atoms with Gasteiger partial charge < -0.3 is 24.9 Å². The number of H-pyrrole nitrogens is 1. The third kappa shape index (κ3) is 5.37. The minimum absolute atomic E-state index is 0.117. The lowest BCUT2D eigenvalue weighted by Crippen LogP contribution is -2.52. The summed E-state index contributed by atoms with van der Waals surface area (Å²) in [5, 5.41) is 0. The molecule has 0 spiro atoms. The van der Waals surface area contributed by atoms with Gasteiger partial charge in [0, 0.05) is 25.0 Å². The number of nitrogens with one attached hydrogen (secondary N) is 1. The Balaban J connectivity index is 1.00. The van der Waals surface area contributed by atoms with Crippen LogP contribution in [0, 0.1) is 5.92 Å². The van der Waals surface area contributed by atoms with Crippen molar-refractivity contribution in [3.8, 4) is 0 Å². The molecule has 4 aromatic rings. The highest BCUT2D eigenvalue weighted by molar-refractivity contribution is 5.81. The van der Waals surface area contributed by atoms with Crippen molar-refractivity contribution in [1.29, 1.82) is 0 Å². The van der Waals surface area contributed by atoms with Crippen LogP contribution in [0.5, 0.6) is 0 Å². The van der Waals surface area contributed by atoms with E-state index in [1.54, 1.807) is 6.33 Å². The number of anilines is 1. The second-order valence-electron chi connectivity index (χ2n) is 14.7. The van der Waals surface area contributed by atoms with E-state index in [0.717, 1.165) is 36.2 Å². The molecular weight excluding hydrogens is 556 g/mol. The molecule has 5 heterocycles. The van der Waals surface area contributed by atoms with Crippen molar-refractivity contribution in [3.63, 3.8) is 0 Å². The van der Waals surface area contributed by atoms with Crippen LogP contribution in [0.4, 0.5) is 5.82 Å². The van der Waals surface area contributed by atoms with Gasteiger partial charge in [0.25, 0.3) is 0 Å². The summed E-state index contributed by atoms with van der Waals surface area (Å²) >= 11 is 0. The lowest BCUT2D eigenvalue weighted by atomic mass is 9.76. The lowest BCUT2D eigenvalue weighted by molar-refractivity contribution is -0.199. The highest BCUT2D eigenvalue weighted by Crippen LogP contribution is 2.45. The molecule has 2 saturated heterocycles. The van der Waals surface area contributed by atoms with Crippen LogP contribution in [0.15, 0.2) is 30.9 Å². The molecule has 0 radical (unpaired) electrons. The maximum Gasteiger partial charge on any atom is 0.167 e. The number of benzene rings is 1. The summed E-state index contributed by atoms with van der Waals surface area (Å²) in [6.07, 6.45) is 6.61. The molecule has 11 heteroatoms. The third-order valence-corrected chi connectivity index (χ3v) is 9.71. The zero-order valence-corrected chi connectivity index (χ0v) is 26.9. The van der Waals surface area contributed by atoms with Gasteiger partial charge in [0.2, 0.25) is 0 Å². The predicted molar refractivity (Wildman–Crippen MR) is 169 cm³/mol. The molecule has 236 valence electrons. The maximum atomic E-state index is 6.72. The number of hydrogen-bond acceptors (Lipinski definition) is 9. The average Bonchev–Trinajstić information content (AvgIpc) is 3.68. The van der Waals surface area contributed by atoms with Crippen LogP contribution in [0.1, 0.15) is 85.3 Å². The van der Waals surface area contributed by atoms with Crippen molar-refractivity contribution in [3.05, 3.63) is 42.2 Å². The Bertz CT molecular complexity index is 1650. The molecule has 0 amide bonds. The van der Waals surface area contributed by atoms with Crippen LogP contribution in [-0.2, 0) is 26.0 Å². The van der Waals surface area contributed by atoms with Crippen molar-refractivity contribution in [2.75, 3.05) is 12.3 Å². The summed E-state index contributed by atoms with van der Waals surface area (Å²) in [7, 11) is 0. The third-order valence-electron chi connectivity index (χ3n) is 9.71. The summed E-state index contributed by atoms with van der Waals surface area (Å²) in [6.45, 7) is 16.0. The summed E-state index contributed by atoms with van der Waals surface area (Å²) in [5.41, 5.74) is 10.9. The van der Waals surface area contributed by atoms with Gasteiger partial charge >= 0.3 is 0 Å². The number of aromatic amines is 1. The Labute approximate surface area is 258 Å². The van der Waals surface area contributed by atoms with Gasteiger partial charge in [0.15, 0.2) is 23.5 Å². The molecule has 1 aromatic carbocycles. The Hall–Kier alpha value is -3.12. The van der Waals surface area contributed by atoms with Gasteiger partial charge in [0.1, 0.15) is 36.0 Å². The Morgan fingerprint density at radius 3 is 2.64 bits per heavy atom. The van der Waals surface area contributed by atoms with Crippen LogP contribution in [0.3, 0.4) is 0 Å². The number of rotatable bonds is 8. The van der Waals surface area contributed by atoms with E-state index in [9.17, 15) is 0 Å². The smallest absolute Gasteiger partial charge is 0.167 e. The predicted octanol–water partition coefficient (Wildman–Crippen LogP) is 5.12. The van der Waals surface area contributed by atoms with Crippen molar-refractivity contribution < 1.29 is 14.2 Å². The van der Waals surface area contributed by atoms with Crippen molar-refractivity contribution in [1.82, 2.24) is 34.4 Å². The van der Waals surface area contributed by atoms with Crippen molar-refractivity contribution >= 4 is 28.0 Å². The van der Waals surface area contributed by atoms with E-state index in [-0.39, 0.29) is 23.7 Å². The second kappa shape index (κ2) is 10.8. The van der Waals surface area contributed by atoms with Crippen LogP contribution in [0.25, 0.3) is 22.2 Å². The molecule has 2 aliphatic heterocycles. The van der Waals surface area contributed by atoms with Crippen LogP contribution < -0.4 is 5.73 Å². The zero-order chi connectivity index (χ0) is 31.0. The van der Waals surface area contributed by atoms with Gasteiger partial charge in [-0.05, 0) is 76.0 Å². The van der Waals surface area contributed by atoms with Gasteiger partial charge in [0.05, 0.1) is 17.4 Å². The fourth-order valence-corrected chi connectivity index (χ4v) is 7.27. The molecule has 3 aliphatic rings. The highest BCUT2D eigenvalue weighted by Gasteiger charge is 2.57. The molecule has 7 rings (SSSR count). The highest BCUT2D eigenvalue weighted by atomic mass is 16.8. The zero-order valence-electron chi connectivity index (χ0n) is 26.9. The molecule has 0 unspecified atom stereocenters. The standard InChI is InChI=1S/C33H46N8O3/c1-18(2)40(21-12-19(13-21)8-11-25-38-22-10-9-20(32(3,4)5)14-23(22)39-25)15-24-27-28(44-33(6,7)43-27)31(42-24)41-17-37-26-29(34)35-16-36-30(26)41/h9-10,14,16-19,21,24,27-28,31H,8,11-13,15H2,1-7H3,(H,38,39)(H2,34,35,36)/t19?,21?,24-,27-,28-,31-/m1/s1. The van der Waals surface area contributed by atoms with Crippen LogP contribution in [-0.4, -0.2) is 77.1 Å². The van der Waals surface area contributed by atoms with E-state index >= 15 is 0 Å². The fraction of sp³-hybridized carbons (Fsp3) is 0.636. The van der Waals surface area contributed by atoms with Gasteiger partial charge in [-0.2, -0.15) is 0 Å². The largest absolute Gasteiger partial charge is 0.382 e. The number of aromatic nitrogens is 6. The number of nitrogen functional groups attached to an aromatic ring is 1. The van der Waals surface area contributed by atoms with Crippen molar-refractivity contribution in [2.24, 2.45) is 5.92 Å². The lowest BCUT2D eigenvalue weighted by Gasteiger charge is -2.46. The molecule has 1 aliphatic carbocycles. The first-order chi connectivity index (χ1) is 20.9. The summed E-state index contributed by atoms with van der Waals surface area (Å²) in [6, 6.07) is 7.51. The van der Waals surface area contributed by atoms with E-state index in [1.807, 2.05) is 18.4 Å². The Morgan fingerprint density at radius 1 is 1.11 bits per heavy atom. The average molecular weight is 603 g/mol. The van der Waals surface area contributed by atoms with Gasteiger partial charge in [-0.25, -0.2) is 19.9 Å². The first kappa shape index (κ1) is 29.6. The van der Waals surface area contributed by atoms with E-state index in [0.29, 0.717) is 35.0 Å². The second-order valence-corrected chi connectivity index (χ2v) is 14.7. The fourth-order valence-electron chi connectivity index (χ4n) is 7.27. The van der Waals surface area contributed by atoms with E-state index in [2.05, 4.69) is 77.7 Å². The molecular formula is C33H46N8O3. The molecule has 11 nitrogen and oxygen atoms in total. The van der Waals surface area contributed by atoms with Crippen molar-refractivity contribution in [2.45, 2.75) is 122 Å². The molecule has 44 heavy (non-hydrogen) atoms. The first-order valence-corrected chi connectivity index (χ1v) is 16.1. The van der Waals surface area contributed by atoms with E-state index in [1.165, 1.54) is 24.7 Å². The first-order valence-electron chi connectivity index (χ1n) is 16.1. The summed E-state index contributed by atoms with van der Waals surface area (Å²) < 4.78 is 21.5. The molecule has 3 N–H and O–H groups in total. The minimum atomic E-state index is -0.699. The van der Waals surface area contributed by atoms with Gasteiger partial charge in [-0.1, -0.05) is 26.8 Å². The number of imidazole rings is 2. The minimum Gasteiger partial charge on any atom is -0.382 e. The number of nitrogens with zero attached hydrogens (tertiary/aromatic N) is 6. The molecule has 3 aromatic heterocycles. The van der Waals surface area contributed by atoms with Crippen LogP contribution >= 0.6 is 0 Å². The Morgan fingerprint density at radius 2 is 1.89 bits per heavy atom. The molecule has 3 fully saturated rings. The number of ether oxygens (including phenoxy) is 3.